The molecule has 0 unspecified atom stereocenters. The van der Waals surface area contributed by atoms with Gasteiger partial charge in [0.1, 0.15) is 0 Å². The van der Waals surface area contributed by atoms with Crippen LogP contribution < -0.4 is 5.73 Å². The van der Waals surface area contributed by atoms with Crippen molar-refractivity contribution in [2.75, 3.05) is 0 Å². The molecule has 2 aromatic carbocycles. The van der Waals surface area contributed by atoms with Crippen molar-refractivity contribution in [1.29, 1.82) is 0 Å². The highest BCUT2D eigenvalue weighted by Gasteiger charge is 2.04. The molecule has 0 saturated heterocycles. The molecule has 0 spiro atoms. The van der Waals surface area contributed by atoms with Crippen LogP contribution in [0.2, 0.25) is 0 Å². The van der Waals surface area contributed by atoms with Crippen LogP contribution in [0.1, 0.15) is 11.1 Å². The zero-order chi connectivity index (χ0) is 10.7. The standard InChI is InChI=1S/C14H15N/c1-11-6-2-4-8-13(11)14-9-5-3-7-12(14)10-15/h2-9H,10,15H2,1H3. The van der Waals surface area contributed by atoms with Crippen LogP contribution in [0.15, 0.2) is 48.5 Å². The summed E-state index contributed by atoms with van der Waals surface area (Å²) in [5.41, 5.74) is 10.8. The fourth-order valence-corrected chi connectivity index (χ4v) is 1.84. The summed E-state index contributed by atoms with van der Waals surface area (Å²) >= 11 is 0. The van der Waals surface area contributed by atoms with E-state index in [0.29, 0.717) is 6.54 Å². The zero-order valence-corrected chi connectivity index (χ0v) is 8.90. The molecule has 0 radical (unpaired) electrons. The lowest BCUT2D eigenvalue weighted by Gasteiger charge is -2.10. The molecule has 2 aromatic rings. The van der Waals surface area contributed by atoms with Crippen molar-refractivity contribution < 1.29 is 0 Å². The average molecular weight is 197 g/mol. The third-order valence-electron chi connectivity index (χ3n) is 2.67. The van der Waals surface area contributed by atoms with Gasteiger partial charge in [0.25, 0.3) is 0 Å². The lowest BCUT2D eigenvalue weighted by molar-refractivity contribution is 1.07. The third-order valence-corrected chi connectivity index (χ3v) is 2.67. The first kappa shape index (κ1) is 9.94. The quantitative estimate of drug-likeness (QED) is 0.786. The van der Waals surface area contributed by atoms with Crippen LogP contribution in [-0.2, 0) is 6.54 Å². The molecule has 2 N–H and O–H groups in total. The fraction of sp³-hybridized carbons (Fsp3) is 0.143. The largest absolute Gasteiger partial charge is 0.326 e. The van der Waals surface area contributed by atoms with Gasteiger partial charge in [0.15, 0.2) is 0 Å². The van der Waals surface area contributed by atoms with Gasteiger partial charge in [-0.3, -0.25) is 0 Å². The lowest BCUT2D eigenvalue weighted by Crippen LogP contribution is -1.99. The van der Waals surface area contributed by atoms with Gasteiger partial charge < -0.3 is 5.73 Å². The van der Waals surface area contributed by atoms with Crippen LogP contribution in [0.3, 0.4) is 0 Å². The van der Waals surface area contributed by atoms with E-state index in [1.807, 2.05) is 6.07 Å². The van der Waals surface area contributed by atoms with Crippen LogP contribution in [0.25, 0.3) is 11.1 Å². The summed E-state index contributed by atoms with van der Waals surface area (Å²) in [6.07, 6.45) is 0. The Morgan fingerprint density at radius 1 is 0.867 bits per heavy atom. The topological polar surface area (TPSA) is 26.0 Å². The predicted molar refractivity (Wildman–Crippen MR) is 64.5 cm³/mol. The predicted octanol–water partition coefficient (Wildman–Crippen LogP) is 3.12. The second kappa shape index (κ2) is 4.28. The SMILES string of the molecule is Cc1ccccc1-c1ccccc1CN. The van der Waals surface area contributed by atoms with Gasteiger partial charge in [-0.1, -0.05) is 48.5 Å². The number of hydrogen-bond donors (Lipinski definition) is 1. The van der Waals surface area contributed by atoms with Crippen LogP contribution in [0.4, 0.5) is 0 Å². The van der Waals surface area contributed by atoms with Crippen molar-refractivity contribution in [3.05, 3.63) is 59.7 Å². The number of rotatable bonds is 2. The molecule has 0 aliphatic carbocycles. The van der Waals surface area contributed by atoms with Gasteiger partial charge in [0.05, 0.1) is 0 Å². The van der Waals surface area contributed by atoms with Crippen molar-refractivity contribution >= 4 is 0 Å². The summed E-state index contributed by atoms with van der Waals surface area (Å²) in [7, 11) is 0. The Balaban J connectivity index is 2.59. The van der Waals surface area contributed by atoms with Crippen LogP contribution >= 0.6 is 0 Å². The molecule has 0 amide bonds. The molecule has 0 fully saturated rings. The summed E-state index contributed by atoms with van der Waals surface area (Å²) in [4.78, 5) is 0. The number of benzene rings is 2. The Morgan fingerprint density at radius 2 is 1.47 bits per heavy atom. The summed E-state index contributed by atoms with van der Waals surface area (Å²) in [5.74, 6) is 0. The minimum Gasteiger partial charge on any atom is -0.326 e. The summed E-state index contributed by atoms with van der Waals surface area (Å²) in [6.45, 7) is 2.72. The van der Waals surface area contributed by atoms with E-state index in [9.17, 15) is 0 Å². The average Bonchev–Trinajstić information content (AvgIpc) is 2.30. The van der Waals surface area contributed by atoms with Crippen LogP contribution in [-0.4, -0.2) is 0 Å². The number of aryl methyl sites for hydroxylation is 1. The van der Waals surface area contributed by atoms with E-state index in [1.165, 1.54) is 22.3 Å². The maximum absolute atomic E-state index is 5.74. The Bertz CT molecular complexity index is 460. The van der Waals surface area contributed by atoms with E-state index in [4.69, 9.17) is 5.73 Å². The first-order valence-corrected chi connectivity index (χ1v) is 5.17. The molecule has 0 bridgehead atoms. The number of nitrogens with two attached hydrogens (primary N) is 1. The third kappa shape index (κ3) is 1.92. The summed E-state index contributed by atoms with van der Waals surface area (Å²) < 4.78 is 0. The van der Waals surface area contributed by atoms with Crippen LogP contribution in [0.5, 0.6) is 0 Å². The van der Waals surface area contributed by atoms with E-state index >= 15 is 0 Å². The maximum atomic E-state index is 5.74. The Morgan fingerprint density at radius 3 is 2.13 bits per heavy atom. The molecule has 15 heavy (non-hydrogen) atoms. The maximum Gasteiger partial charge on any atom is 0.0184 e. The molecular formula is C14H15N. The first-order valence-electron chi connectivity index (χ1n) is 5.17. The lowest BCUT2D eigenvalue weighted by atomic mass is 9.96. The van der Waals surface area contributed by atoms with E-state index in [2.05, 4.69) is 49.4 Å². The monoisotopic (exact) mass is 197 g/mol. The van der Waals surface area contributed by atoms with Gasteiger partial charge in [-0.05, 0) is 29.2 Å². The minimum atomic E-state index is 0.588. The highest BCUT2D eigenvalue weighted by atomic mass is 14.5. The Labute approximate surface area is 90.6 Å². The van der Waals surface area contributed by atoms with Crippen molar-refractivity contribution in [2.45, 2.75) is 13.5 Å². The molecule has 0 aliphatic heterocycles. The number of hydrogen-bond acceptors (Lipinski definition) is 1. The highest BCUT2D eigenvalue weighted by molar-refractivity contribution is 5.70. The fourth-order valence-electron chi connectivity index (χ4n) is 1.84. The second-order valence-electron chi connectivity index (χ2n) is 3.68. The van der Waals surface area contributed by atoms with Crippen LogP contribution in [0, 0.1) is 6.92 Å². The van der Waals surface area contributed by atoms with Gasteiger partial charge >= 0.3 is 0 Å². The van der Waals surface area contributed by atoms with E-state index in [-0.39, 0.29) is 0 Å². The first-order chi connectivity index (χ1) is 7.33. The molecule has 2 rings (SSSR count). The van der Waals surface area contributed by atoms with E-state index in [0.717, 1.165) is 0 Å². The molecule has 0 atom stereocenters. The van der Waals surface area contributed by atoms with E-state index < -0.39 is 0 Å². The van der Waals surface area contributed by atoms with Crippen molar-refractivity contribution in [1.82, 2.24) is 0 Å². The minimum absolute atomic E-state index is 0.588. The van der Waals surface area contributed by atoms with Crippen molar-refractivity contribution in [3.63, 3.8) is 0 Å². The molecule has 0 aromatic heterocycles. The Kier molecular flexibility index (Phi) is 2.84. The molecule has 1 heteroatoms. The van der Waals surface area contributed by atoms with Gasteiger partial charge in [-0.15, -0.1) is 0 Å². The molecule has 0 aliphatic rings. The van der Waals surface area contributed by atoms with Crippen molar-refractivity contribution in [2.24, 2.45) is 5.73 Å². The molecule has 76 valence electrons. The second-order valence-corrected chi connectivity index (χ2v) is 3.68. The molecular weight excluding hydrogens is 182 g/mol. The molecule has 1 nitrogen and oxygen atoms in total. The highest BCUT2D eigenvalue weighted by Crippen LogP contribution is 2.26. The van der Waals surface area contributed by atoms with Gasteiger partial charge in [-0.25, -0.2) is 0 Å². The van der Waals surface area contributed by atoms with Gasteiger partial charge in [0, 0.05) is 6.54 Å². The molecule has 0 heterocycles. The molecule has 0 saturated carbocycles. The Hall–Kier alpha value is -1.60. The normalized spacial score (nSPS) is 10.3. The summed E-state index contributed by atoms with van der Waals surface area (Å²) in [5, 5.41) is 0. The smallest absolute Gasteiger partial charge is 0.0184 e. The zero-order valence-electron chi connectivity index (χ0n) is 8.90. The summed E-state index contributed by atoms with van der Waals surface area (Å²) in [6, 6.07) is 16.7. The van der Waals surface area contributed by atoms with Gasteiger partial charge in [0.2, 0.25) is 0 Å². The van der Waals surface area contributed by atoms with Gasteiger partial charge in [-0.2, -0.15) is 0 Å². The van der Waals surface area contributed by atoms with Crippen molar-refractivity contribution in [3.8, 4) is 11.1 Å². The van der Waals surface area contributed by atoms with E-state index in [1.54, 1.807) is 0 Å².